The Bertz CT molecular complexity index is 1110. The molecule has 3 rings (SSSR count). The first kappa shape index (κ1) is 25.1. The Kier molecular flexibility index (Phi) is 8.17. The lowest BCUT2D eigenvalue weighted by atomic mass is 9.94. The second kappa shape index (κ2) is 11.1. The van der Waals surface area contributed by atoms with Gasteiger partial charge in [0.25, 0.3) is 11.7 Å². The fraction of sp³-hybridized carbons (Fsp3) is 0.320. The third-order valence-corrected chi connectivity index (χ3v) is 5.93. The van der Waals surface area contributed by atoms with E-state index in [1.807, 2.05) is 0 Å². The van der Waals surface area contributed by atoms with Gasteiger partial charge in [0, 0.05) is 29.1 Å². The van der Waals surface area contributed by atoms with Gasteiger partial charge < -0.3 is 24.6 Å². The number of Topliss-reactive ketones (excluding diaryl/α,β-unsaturated/α-hetero) is 1. The summed E-state index contributed by atoms with van der Waals surface area (Å²) in [6.45, 7) is 0.201. The molecule has 8 nitrogen and oxygen atoms in total. The highest BCUT2D eigenvalue weighted by Gasteiger charge is 2.47. The van der Waals surface area contributed by atoms with Gasteiger partial charge in [-0.05, 0) is 55.3 Å². The molecular weight excluding hydrogens is 462 g/mol. The summed E-state index contributed by atoms with van der Waals surface area (Å²) >= 11 is 5.96. The standard InChI is InChI=1S/C25H26ClNO7/c1-33-17-11-12-19(34-2)18(14-17)22-21(23(30)15-7-9-16(26)10-8-15)24(31)25(32)27(22)13-5-3-4-6-20(28)29/h7-12,14,22,30H,3-6,13H2,1-2H3,(H,28,29)/t22-/m0/s1. The molecule has 1 atom stereocenters. The van der Waals surface area contributed by atoms with Crippen LogP contribution in [0.25, 0.3) is 5.76 Å². The number of carbonyl (C=O) groups excluding carboxylic acids is 2. The topological polar surface area (TPSA) is 113 Å². The summed E-state index contributed by atoms with van der Waals surface area (Å²) in [5.41, 5.74) is 0.766. The van der Waals surface area contributed by atoms with Crippen LogP contribution in [0.4, 0.5) is 0 Å². The number of aliphatic hydroxyl groups is 1. The number of carboxylic acids is 1. The molecule has 1 amide bonds. The number of halogens is 1. The minimum absolute atomic E-state index is 0.0303. The summed E-state index contributed by atoms with van der Waals surface area (Å²) < 4.78 is 10.8. The zero-order chi connectivity index (χ0) is 24.8. The number of likely N-dealkylation sites (tertiary alicyclic amines) is 1. The predicted octanol–water partition coefficient (Wildman–Crippen LogP) is 4.42. The van der Waals surface area contributed by atoms with Gasteiger partial charge in [0.05, 0.1) is 25.8 Å². The van der Waals surface area contributed by atoms with Gasteiger partial charge in [-0.25, -0.2) is 0 Å². The molecule has 0 saturated carbocycles. The molecule has 0 bridgehead atoms. The number of aliphatic carboxylic acids is 1. The summed E-state index contributed by atoms with van der Waals surface area (Å²) in [5, 5.41) is 20.4. The Morgan fingerprint density at radius 3 is 2.32 bits per heavy atom. The largest absolute Gasteiger partial charge is 0.507 e. The molecule has 2 aromatic rings. The minimum atomic E-state index is -0.916. The first-order valence-corrected chi connectivity index (χ1v) is 11.1. The number of nitrogens with zero attached hydrogens (tertiary/aromatic N) is 1. The van der Waals surface area contributed by atoms with E-state index in [1.165, 1.54) is 19.1 Å². The van der Waals surface area contributed by atoms with Crippen LogP contribution in [-0.4, -0.2) is 53.5 Å². The lowest BCUT2D eigenvalue weighted by Crippen LogP contribution is -2.31. The fourth-order valence-corrected chi connectivity index (χ4v) is 4.11. The Morgan fingerprint density at radius 1 is 1.00 bits per heavy atom. The number of carboxylic acid groups (broad SMARTS) is 1. The van der Waals surface area contributed by atoms with E-state index < -0.39 is 23.7 Å². The molecule has 2 aromatic carbocycles. The van der Waals surface area contributed by atoms with Crippen molar-refractivity contribution in [2.45, 2.75) is 31.7 Å². The zero-order valence-corrected chi connectivity index (χ0v) is 19.7. The van der Waals surface area contributed by atoms with Crippen molar-refractivity contribution in [2.75, 3.05) is 20.8 Å². The molecule has 1 aliphatic heterocycles. The summed E-state index contributed by atoms with van der Waals surface area (Å²) in [4.78, 5) is 38.4. The highest BCUT2D eigenvalue weighted by Crippen LogP contribution is 2.44. The van der Waals surface area contributed by atoms with E-state index in [4.69, 9.17) is 26.2 Å². The number of carbonyl (C=O) groups is 3. The summed E-state index contributed by atoms with van der Waals surface area (Å²) in [6, 6.07) is 10.4. The predicted molar refractivity (Wildman–Crippen MR) is 126 cm³/mol. The van der Waals surface area contributed by atoms with Crippen molar-refractivity contribution in [2.24, 2.45) is 0 Å². The van der Waals surface area contributed by atoms with Crippen LogP contribution in [0.5, 0.6) is 11.5 Å². The Labute approximate surface area is 202 Å². The van der Waals surface area contributed by atoms with E-state index in [0.29, 0.717) is 46.9 Å². The number of benzene rings is 2. The number of rotatable bonds is 10. The number of aliphatic hydroxyl groups excluding tert-OH is 1. The third kappa shape index (κ3) is 5.34. The molecule has 1 aliphatic rings. The molecule has 0 aromatic heterocycles. The van der Waals surface area contributed by atoms with Gasteiger partial charge in [-0.2, -0.15) is 0 Å². The van der Waals surface area contributed by atoms with Crippen LogP contribution in [-0.2, 0) is 14.4 Å². The molecule has 1 fully saturated rings. The summed E-state index contributed by atoms with van der Waals surface area (Å²) in [6.07, 6.45) is 1.54. The van der Waals surface area contributed by atoms with E-state index in [9.17, 15) is 19.5 Å². The second-order valence-corrected chi connectivity index (χ2v) is 8.25. The molecule has 0 unspecified atom stereocenters. The van der Waals surface area contributed by atoms with Gasteiger partial charge in [-0.1, -0.05) is 18.0 Å². The van der Waals surface area contributed by atoms with E-state index in [1.54, 1.807) is 42.5 Å². The molecule has 34 heavy (non-hydrogen) atoms. The van der Waals surface area contributed by atoms with Crippen molar-refractivity contribution < 1.29 is 34.1 Å². The molecule has 1 heterocycles. The molecule has 2 N–H and O–H groups in total. The average molecular weight is 488 g/mol. The zero-order valence-electron chi connectivity index (χ0n) is 18.9. The van der Waals surface area contributed by atoms with Crippen LogP contribution in [0.1, 0.15) is 42.9 Å². The number of amides is 1. The van der Waals surface area contributed by atoms with E-state index in [2.05, 4.69) is 0 Å². The SMILES string of the molecule is COc1ccc(OC)c([C@H]2C(=C(O)c3ccc(Cl)cc3)C(=O)C(=O)N2CCCCCC(=O)O)c1. The quantitative estimate of drug-likeness (QED) is 0.220. The van der Waals surface area contributed by atoms with E-state index in [0.717, 1.165) is 0 Å². The van der Waals surface area contributed by atoms with Gasteiger partial charge in [0.1, 0.15) is 17.3 Å². The van der Waals surface area contributed by atoms with Crippen LogP contribution >= 0.6 is 11.6 Å². The molecule has 0 spiro atoms. The lowest BCUT2D eigenvalue weighted by molar-refractivity contribution is -0.140. The molecule has 1 saturated heterocycles. The average Bonchev–Trinajstić information content (AvgIpc) is 3.08. The smallest absolute Gasteiger partial charge is 0.303 e. The Hall–Kier alpha value is -3.52. The van der Waals surface area contributed by atoms with Gasteiger partial charge in [0.15, 0.2) is 0 Å². The van der Waals surface area contributed by atoms with Gasteiger partial charge in [-0.3, -0.25) is 14.4 Å². The van der Waals surface area contributed by atoms with Crippen molar-refractivity contribution in [3.05, 3.63) is 64.2 Å². The van der Waals surface area contributed by atoms with Crippen LogP contribution < -0.4 is 9.47 Å². The number of ketones is 1. The Morgan fingerprint density at radius 2 is 1.71 bits per heavy atom. The first-order chi connectivity index (χ1) is 16.3. The molecule has 180 valence electrons. The highest BCUT2D eigenvalue weighted by atomic mass is 35.5. The minimum Gasteiger partial charge on any atom is -0.507 e. The number of ether oxygens (including phenoxy) is 2. The maximum atomic E-state index is 13.1. The maximum Gasteiger partial charge on any atom is 0.303 e. The van der Waals surface area contributed by atoms with Crippen molar-refractivity contribution in [3.8, 4) is 11.5 Å². The first-order valence-electron chi connectivity index (χ1n) is 10.8. The number of hydrogen-bond acceptors (Lipinski definition) is 6. The summed E-state index contributed by atoms with van der Waals surface area (Å²) in [7, 11) is 2.97. The van der Waals surface area contributed by atoms with Crippen molar-refractivity contribution in [1.29, 1.82) is 0 Å². The monoisotopic (exact) mass is 487 g/mol. The third-order valence-electron chi connectivity index (χ3n) is 5.68. The van der Waals surface area contributed by atoms with Crippen molar-refractivity contribution >= 4 is 35.0 Å². The van der Waals surface area contributed by atoms with Crippen LogP contribution in [0.2, 0.25) is 5.02 Å². The van der Waals surface area contributed by atoms with Gasteiger partial charge in [0.2, 0.25) is 0 Å². The Balaban J connectivity index is 2.08. The van der Waals surface area contributed by atoms with Crippen LogP contribution in [0.3, 0.4) is 0 Å². The molecule has 0 aliphatic carbocycles. The van der Waals surface area contributed by atoms with Crippen LogP contribution in [0, 0.1) is 0 Å². The van der Waals surface area contributed by atoms with Crippen LogP contribution in [0.15, 0.2) is 48.0 Å². The van der Waals surface area contributed by atoms with E-state index >= 15 is 0 Å². The molecular formula is C25H26ClNO7. The van der Waals surface area contributed by atoms with Gasteiger partial charge in [-0.15, -0.1) is 0 Å². The maximum absolute atomic E-state index is 13.1. The van der Waals surface area contributed by atoms with Crippen molar-refractivity contribution in [1.82, 2.24) is 4.90 Å². The fourth-order valence-electron chi connectivity index (χ4n) is 3.99. The molecule has 0 radical (unpaired) electrons. The lowest BCUT2D eigenvalue weighted by Gasteiger charge is -2.27. The van der Waals surface area contributed by atoms with Gasteiger partial charge >= 0.3 is 5.97 Å². The number of hydrogen-bond donors (Lipinski definition) is 2. The second-order valence-electron chi connectivity index (χ2n) is 7.81. The molecule has 9 heteroatoms. The highest BCUT2D eigenvalue weighted by molar-refractivity contribution is 6.46. The van der Waals surface area contributed by atoms with Crippen molar-refractivity contribution in [3.63, 3.8) is 0 Å². The summed E-state index contributed by atoms with van der Waals surface area (Å²) in [5.74, 6) is -1.85. The number of methoxy groups -OCH3 is 2. The number of unbranched alkanes of at least 4 members (excludes halogenated alkanes) is 2. The van der Waals surface area contributed by atoms with E-state index in [-0.39, 0.29) is 24.3 Å². The normalized spacial score (nSPS) is 17.1.